The van der Waals surface area contributed by atoms with Gasteiger partial charge in [0.2, 0.25) is 0 Å². The molecule has 1 nitrogen and oxygen atoms in total. The van der Waals surface area contributed by atoms with E-state index in [0.29, 0.717) is 6.61 Å². The van der Waals surface area contributed by atoms with Gasteiger partial charge in [0.1, 0.15) is 6.61 Å². The van der Waals surface area contributed by atoms with Gasteiger partial charge in [0.25, 0.3) is 0 Å². The molecule has 0 N–H and O–H groups in total. The highest BCUT2D eigenvalue weighted by molar-refractivity contribution is 6.30. The molecule has 0 aromatic heterocycles. The van der Waals surface area contributed by atoms with E-state index in [9.17, 15) is 0 Å². The second-order valence-electron chi connectivity index (χ2n) is 2.16. The smallest absolute Gasteiger partial charge is 0.149 e. The molecule has 1 aliphatic rings. The van der Waals surface area contributed by atoms with E-state index in [2.05, 4.69) is 17.4 Å². The largest absolute Gasteiger partial charge is 0.485 e. The summed E-state index contributed by atoms with van der Waals surface area (Å²) in [5.74, 6) is 3.62. The molecule has 0 bridgehead atoms. The van der Waals surface area contributed by atoms with Crippen molar-refractivity contribution in [3.8, 4) is 11.3 Å². The summed E-state index contributed by atoms with van der Waals surface area (Å²) in [5.41, 5.74) is 0. The Morgan fingerprint density at radius 2 is 2.55 bits per heavy atom. The quantitative estimate of drug-likeness (QED) is 0.576. The molecule has 0 aromatic rings. The zero-order valence-corrected chi connectivity index (χ0v) is 6.90. The highest BCUT2D eigenvalue weighted by Gasteiger charge is 1.97. The van der Waals surface area contributed by atoms with Gasteiger partial charge in [0.15, 0.2) is 0 Å². The highest BCUT2D eigenvalue weighted by Crippen LogP contribution is 2.11. The lowest BCUT2D eigenvalue weighted by atomic mass is 10.2. The minimum Gasteiger partial charge on any atom is -0.485 e. The number of ether oxygens (including phenoxy) is 1. The molecule has 1 rings (SSSR count). The monoisotopic (exact) mass is 168 g/mol. The van der Waals surface area contributed by atoms with Crippen LogP contribution in [0.2, 0.25) is 0 Å². The molecular formula is C9H9ClO. The van der Waals surface area contributed by atoms with Crippen LogP contribution in [0.5, 0.6) is 0 Å². The summed E-state index contributed by atoms with van der Waals surface area (Å²) < 4.78 is 5.28. The highest BCUT2D eigenvalue weighted by atomic mass is 35.5. The Labute approximate surface area is 71.7 Å². The number of hydrogen-bond acceptors (Lipinski definition) is 1. The molecule has 0 amide bonds. The van der Waals surface area contributed by atoms with Crippen LogP contribution >= 0.6 is 11.6 Å². The SMILES string of the molecule is ClC#CCOC1=CC=CCC1. The first-order chi connectivity index (χ1) is 5.43. The first-order valence-corrected chi connectivity index (χ1v) is 3.88. The van der Waals surface area contributed by atoms with Crippen LogP contribution < -0.4 is 0 Å². The molecule has 2 heteroatoms. The van der Waals surface area contributed by atoms with Crippen molar-refractivity contribution in [1.82, 2.24) is 0 Å². The zero-order valence-electron chi connectivity index (χ0n) is 6.14. The van der Waals surface area contributed by atoms with Crippen molar-refractivity contribution in [1.29, 1.82) is 0 Å². The van der Waals surface area contributed by atoms with Crippen molar-refractivity contribution in [2.24, 2.45) is 0 Å². The predicted octanol–water partition coefficient (Wildman–Crippen LogP) is 2.44. The Kier molecular flexibility index (Phi) is 3.64. The van der Waals surface area contributed by atoms with E-state index in [1.807, 2.05) is 12.2 Å². The molecule has 0 radical (unpaired) electrons. The van der Waals surface area contributed by atoms with E-state index in [4.69, 9.17) is 16.3 Å². The van der Waals surface area contributed by atoms with Crippen LogP contribution in [0.15, 0.2) is 24.0 Å². The van der Waals surface area contributed by atoms with Gasteiger partial charge in [-0.3, -0.25) is 0 Å². The third-order valence-electron chi connectivity index (χ3n) is 1.37. The van der Waals surface area contributed by atoms with Crippen LogP contribution in [0, 0.1) is 11.3 Å². The Hall–Kier alpha value is -0.870. The summed E-state index contributed by atoms with van der Waals surface area (Å²) in [6, 6.07) is 0. The number of rotatable bonds is 2. The van der Waals surface area contributed by atoms with Crippen molar-refractivity contribution in [3.63, 3.8) is 0 Å². The summed E-state index contributed by atoms with van der Waals surface area (Å²) in [6.07, 6.45) is 8.09. The lowest BCUT2D eigenvalue weighted by Gasteiger charge is -2.07. The fourth-order valence-electron chi connectivity index (χ4n) is 0.857. The molecule has 0 heterocycles. The van der Waals surface area contributed by atoms with Gasteiger partial charge >= 0.3 is 0 Å². The van der Waals surface area contributed by atoms with Crippen LogP contribution in [0.3, 0.4) is 0 Å². The molecule has 0 atom stereocenters. The Bertz CT molecular complexity index is 230. The van der Waals surface area contributed by atoms with Crippen LogP contribution in [0.4, 0.5) is 0 Å². The molecule has 0 saturated carbocycles. The molecule has 58 valence electrons. The van der Waals surface area contributed by atoms with Crippen molar-refractivity contribution in [3.05, 3.63) is 24.0 Å². The van der Waals surface area contributed by atoms with E-state index in [1.54, 1.807) is 0 Å². The first-order valence-electron chi connectivity index (χ1n) is 3.50. The molecule has 0 saturated heterocycles. The number of halogens is 1. The third-order valence-corrected chi connectivity index (χ3v) is 1.51. The van der Waals surface area contributed by atoms with Gasteiger partial charge in [-0.25, -0.2) is 0 Å². The fourth-order valence-corrected chi connectivity index (χ4v) is 0.911. The van der Waals surface area contributed by atoms with Crippen LogP contribution in [0.1, 0.15) is 12.8 Å². The normalized spacial score (nSPS) is 14.8. The van der Waals surface area contributed by atoms with Gasteiger partial charge in [0, 0.05) is 11.8 Å². The van der Waals surface area contributed by atoms with E-state index >= 15 is 0 Å². The van der Waals surface area contributed by atoms with Crippen molar-refractivity contribution < 1.29 is 4.74 Å². The van der Waals surface area contributed by atoms with Crippen LogP contribution in [0.25, 0.3) is 0 Å². The third kappa shape index (κ3) is 3.15. The van der Waals surface area contributed by atoms with Crippen molar-refractivity contribution in [2.75, 3.05) is 6.61 Å². The summed E-state index contributed by atoms with van der Waals surface area (Å²) in [7, 11) is 0. The fraction of sp³-hybridized carbons (Fsp3) is 0.333. The average Bonchev–Trinajstić information content (AvgIpc) is 2.07. The van der Waals surface area contributed by atoms with Gasteiger partial charge in [0.05, 0.1) is 5.76 Å². The second kappa shape index (κ2) is 4.87. The Morgan fingerprint density at radius 3 is 3.18 bits per heavy atom. The molecule has 0 unspecified atom stereocenters. The topological polar surface area (TPSA) is 9.23 Å². The van der Waals surface area contributed by atoms with Gasteiger partial charge in [-0.1, -0.05) is 12.2 Å². The Morgan fingerprint density at radius 1 is 1.64 bits per heavy atom. The molecule has 11 heavy (non-hydrogen) atoms. The second-order valence-corrected chi connectivity index (χ2v) is 2.35. The van der Waals surface area contributed by atoms with Gasteiger partial charge in [-0.15, -0.1) is 0 Å². The number of hydrogen-bond donors (Lipinski definition) is 0. The maximum absolute atomic E-state index is 5.28. The minimum atomic E-state index is 0.392. The molecule has 1 aliphatic carbocycles. The van der Waals surface area contributed by atoms with Crippen LogP contribution in [-0.2, 0) is 4.74 Å². The van der Waals surface area contributed by atoms with Gasteiger partial charge in [-0.05, 0) is 30.0 Å². The van der Waals surface area contributed by atoms with Crippen LogP contribution in [-0.4, -0.2) is 6.61 Å². The van der Waals surface area contributed by atoms with E-state index in [1.165, 1.54) is 0 Å². The maximum atomic E-state index is 5.28. The Balaban J connectivity index is 2.29. The van der Waals surface area contributed by atoms with E-state index in [0.717, 1.165) is 18.6 Å². The van der Waals surface area contributed by atoms with E-state index < -0.39 is 0 Å². The average molecular weight is 169 g/mol. The first kappa shape index (κ1) is 8.23. The summed E-state index contributed by atoms with van der Waals surface area (Å²) in [5, 5.41) is 2.26. The van der Waals surface area contributed by atoms with Crippen molar-refractivity contribution >= 4 is 11.6 Å². The van der Waals surface area contributed by atoms with Gasteiger partial charge in [-0.2, -0.15) is 0 Å². The summed E-state index contributed by atoms with van der Waals surface area (Å²) >= 11 is 5.14. The predicted molar refractivity (Wildman–Crippen MR) is 46.0 cm³/mol. The van der Waals surface area contributed by atoms with Gasteiger partial charge < -0.3 is 4.74 Å². The lowest BCUT2D eigenvalue weighted by molar-refractivity contribution is 0.241. The molecule has 0 aliphatic heterocycles. The number of allylic oxidation sites excluding steroid dienone is 4. The molecule has 0 spiro atoms. The minimum absolute atomic E-state index is 0.392. The maximum Gasteiger partial charge on any atom is 0.149 e. The molecule has 0 fully saturated rings. The molecular weight excluding hydrogens is 160 g/mol. The summed E-state index contributed by atoms with van der Waals surface area (Å²) in [6.45, 7) is 0.392. The lowest BCUT2D eigenvalue weighted by Crippen LogP contribution is -1.94. The standard InChI is InChI=1S/C9H9ClO/c10-7-4-8-11-9-5-2-1-3-6-9/h1-2,5H,3,6,8H2. The van der Waals surface area contributed by atoms with Crippen molar-refractivity contribution in [2.45, 2.75) is 12.8 Å². The summed E-state index contributed by atoms with van der Waals surface area (Å²) in [4.78, 5) is 0. The zero-order chi connectivity index (χ0) is 7.94. The molecule has 0 aromatic carbocycles. The van der Waals surface area contributed by atoms with E-state index in [-0.39, 0.29) is 0 Å².